The smallest absolute Gasteiger partial charge is 0.407 e. The van der Waals surface area contributed by atoms with E-state index in [0.717, 1.165) is 12.8 Å². The van der Waals surface area contributed by atoms with Crippen molar-refractivity contribution in [2.24, 2.45) is 5.92 Å². The van der Waals surface area contributed by atoms with E-state index >= 15 is 0 Å². The van der Waals surface area contributed by atoms with Gasteiger partial charge in [-0.3, -0.25) is 0 Å². The molecule has 1 rings (SSSR count). The molecule has 0 saturated carbocycles. The molecule has 0 aromatic rings. The van der Waals surface area contributed by atoms with Crippen molar-refractivity contribution in [3.63, 3.8) is 0 Å². The molecule has 1 aliphatic rings. The van der Waals surface area contributed by atoms with Crippen LogP contribution in [0.2, 0.25) is 0 Å². The van der Waals surface area contributed by atoms with Gasteiger partial charge in [0.05, 0.1) is 18.1 Å². The molecule has 1 aliphatic heterocycles. The van der Waals surface area contributed by atoms with Crippen LogP contribution in [0.25, 0.3) is 0 Å². The number of rotatable bonds is 19. The maximum atomic E-state index is 11.6. The van der Waals surface area contributed by atoms with Crippen LogP contribution in [0.15, 0.2) is 0 Å². The number of carbonyl (C=O) groups is 1. The first-order valence-corrected chi connectivity index (χ1v) is 14.5. The second-order valence-electron chi connectivity index (χ2n) is 9.09. The fourth-order valence-corrected chi connectivity index (χ4v) is 5.99. The fourth-order valence-electron chi connectivity index (χ4n) is 4.13. The molecule has 1 heterocycles. The molecular formula is C24H47NO4S. The molecule has 178 valence electrons. The summed E-state index contributed by atoms with van der Waals surface area (Å²) in [5, 5.41) is 2.69. The van der Waals surface area contributed by atoms with E-state index in [9.17, 15) is 13.2 Å². The van der Waals surface area contributed by atoms with Crippen molar-refractivity contribution in [1.82, 2.24) is 5.32 Å². The largest absolute Gasteiger partial charge is 0.450 e. The van der Waals surface area contributed by atoms with E-state index in [0.29, 0.717) is 19.6 Å². The van der Waals surface area contributed by atoms with E-state index < -0.39 is 15.9 Å². The lowest BCUT2D eigenvalue weighted by Crippen LogP contribution is -2.30. The van der Waals surface area contributed by atoms with Crippen molar-refractivity contribution in [1.29, 1.82) is 0 Å². The molecule has 1 atom stereocenters. The van der Waals surface area contributed by atoms with E-state index in [1.165, 1.54) is 89.9 Å². The highest BCUT2D eigenvalue weighted by molar-refractivity contribution is 7.91. The monoisotopic (exact) mass is 445 g/mol. The number of alkyl carbamates (subject to hydrolysis) is 1. The Hall–Kier alpha value is -0.780. The number of unbranched alkanes of at least 4 members (excludes halogenated alkanes) is 15. The Labute approximate surface area is 186 Å². The Kier molecular flexibility index (Phi) is 16.2. The third kappa shape index (κ3) is 16.0. The third-order valence-electron chi connectivity index (χ3n) is 6.09. The summed E-state index contributed by atoms with van der Waals surface area (Å²) in [5.41, 5.74) is 0. The number of sulfone groups is 1. The Balaban J connectivity index is 1.75. The van der Waals surface area contributed by atoms with Gasteiger partial charge in [0.25, 0.3) is 0 Å². The van der Waals surface area contributed by atoms with Crippen molar-refractivity contribution in [3.05, 3.63) is 0 Å². The van der Waals surface area contributed by atoms with Crippen LogP contribution in [0.3, 0.4) is 0 Å². The zero-order valence-corrected chi connectivity index (χ0v) is 20.3. The van der Waals surface area contributed by atoms with Crippen LogP contribution in [0.5, 0.6) is 0 Å². The molecule has 0 aliphatic carbocycles. The fraction of sp³-hybridized carbons (Fsp3) is 0.958. The Bertz CT molecular complexity index is 521. The molecular weight excluding hydrogens is 398 g/mol. The zero-order chi connectivity index (χ0) is 21.9. The highest BCUT2D eigenvalue weighted by Crippen LogP contribution is 2.17. The van der Waals surface area contributed by atoms with Crippen molar-refractivity contribution in [2.75, 3.05) is 24.7 Å². The van der Waals surface area contributed by atoms with Gasteiger partial charge in [0.15, 0.2) is 9.84 Å². The summed E-state index contributed by atoms with van der Waals surface area (Å²) in [6.07, 6.45) is 21.4. The van der Waals surface area contributed by atoms with E-state index in [4.69, 9.17) is 4.74 Å². The van der Waals surface area contributed by atoms with Gasteiger partial charge >= 0.3 is 6.09 Å². The van der Waals surface area contributed by atoms with Crippen molar-refractivity contribution in [2.45, 2.75) is 116 Å². The first-order chi connectivity index (χ1) is 14.5. The van der Waals surface area contributed by atoms with E-state index in [1.807, 2.05) is 0 Å². The summed E-state index contributed by atoms with van der Waals surface area (Å²) in [6, 6.07) is 0. The molecule has 0 radical (unpaired) electrons. The third-order valence-corrected chi connectivity index (χ3v) is 7.93. The van der Waals surface area contributed by atoms with Crippen LogP contribution in [0.4, 0.5) is 4.79 Å². The quantitative estimate of drug-likeness (QED) is 0.233. The van der Waals surface area contributed by atoms with Gasteiger partial charge in [-0.2, -0.15) is 0 Å². The van der Waals surface area contributed by atoms with Crippen LogP contribution in [-0.2, 0) is 14.6 Å². The molecule has 0 bridgehead atoms. The van der Waals surface area contributed by atoms with E-state index in [2.05, 4.69) is 12.2 Å². The summed E-state index contributed by atoms with van der Waals surface area (Å²) in [4.78, 5) is 11.6. The standard InChI is InChI=1S/C24H47NO4S/c1-2-3-4-5-6-7-8-9-10-11-12-13-14-15-16-17-19-29-24(26)25-21-23-18-20-30(27,28)22-23/h23H,2-22H2,1H3,(H,25,26). The van der Waals surface area contributed by atoms with Crippen LogP contribution in [-0.4, -0.2) is 39.2 Å². The highest BCUT2D eigenvalue weighted by atomic mass is 32.2. The lowest BCUT2D eigenvalue weighted by molar-refractivity contribution is 0.142. The van der Waals surface area contributed by atoms with Crippen LogP contribution < -0.4 is 5.32 Å². The van der Waals surface area contributed by atoms with Gasteiger partial charge < -0.3 is 10.1 Å². The maximum absolute atomic E-state index is 11.6. The summed E-state index contributed by atoms with van der Waals surface area (Å²) >= 11 is 0. The Morgan fingerprint density at radius 2 is 1.27 bits per heavy atom. The van der Waals surface area contributed by atoms with Gasteiger partial charge in [0.1, 0.15) is 0 Å². The number of amides is 1. The SMILES string of the molecule is CCCCCCCCCCCCCCCCCCOC(=O)NCC1CCS(=O)(=O)C1. The Morgan fingerprint density at radius 1 is 0.800 bits per heavy atom. The van der Waals surface area contributed by atoms with Gasteiger partial charge in [-0.05, 0) is 18.8 Å². The minimum atomic E-state index is -2.88. The molecule has 30 heavy (non-hydrogen) atoms. The highest BCUT2D eigenvalue weighted by Gasteiger charge is 2.27. The number of ether oxygens (including phenoxy) is 1. The molecule has 0 spiro atoms. The molecule has 0 aromatic carbocycles. The molecule has 1 unspecified atom stereocenters. The van der Waals surface area contributed by atoms with Gasteiger partial charge in [-0.15, -0.1) is 0 Å². The average molecular weight is 446 g/mol. The van der Waals surface area contributed by atoms with Crippen LogP contribution in [0.1, 0.15) is 116 Å². The molecule has 1 amide bonds. The minimum absolute atomic E-state index is 0.0399. The topological polar surface area (TPSA) is 72.5 Å². The second kappa shape index (κ2) is 17.9. The number of carbonyl (C=O) groups excluding carboxylic acids is 1. The molecule has 1 N–H and O–H groups in total. The van der Waals surface area contributed by atoms with Gasteiger partial charge in [-0.1, -0.05) is 103 Å². The normalized spacial score (nSPS) is 17.8. The van der Waals surface area contributed by atoms with Crippen molar-refractivity contribution >= 4 is 15.9 Å². The molecule has 0 aromatic heterocycles. The predicted molar refractivity (Wildman–Crippen MR) is 126 cm³/mol. The maximum Gasteiger partial charge on any atom is 0.407 e. The van der Waals surface area contributed by atoms with E-state index in [-0.39, 0.29) is 17.4 Å². The van der Waals surface area contributed by atoms with Gasteiger partial charge in [0, 0.05) is 6.54 Å². The lowest BCUT2D eigenvalue weighted by Gasteiger charge is -2.10. The molecule has 5 nitrogen and oxygen atoms in total. The van der Waals surface area contributed by atoms with Gasteiger partial charge in [-0.25, -0.2) is 13.2 Å². The number of hydrogen-bond donors (Lipinski definition) is 1. The molecule has 1 fully saturated rings. The average Bonchev–Trinajstić information content (AvgIpc) is 3.07. The van der Waals surface area contributed by atoms with E-state index in [1.54, 1.807) is 0 Å². The summed E-state index contributed by atoms with van der Waals surface area (Å²) in [6.45, 7) is 3.12. The predicted octanol–water partition coefficient (Wildman–Crippen LogP) is 6.41. The molecule has 1 saturated heterocycles. The first kappa shape index (κ1) is 27.3. The number of nitrogens with one attached hydrogen (secondary N) is 1. The number of hydrogen-bond acceptors (Lipinski definition) is 4. The summed E-state index contributed by atoms with van der Waals surface area (Å²) in [7, 11) is -2.88. The summed E-state index contributed by atoms with van der Waals surface area (Å²) in [5.74, 6) is 0.470. The molecule has 6 heteroatoms. The lowest BCUT2D eigenvalue weighted by atomic mass is 10.0. The summed E-state index contributed by atoms with van der Waals surface area (Å²) < 4.78 is 27.9. The minimum Gasteiger partial charge on any atom is -0.450 e. The first-order valence-electron chi connectivity index (χ1n) is 12.6. The van der Waals surface area contributed by atoms with Crippen molar-refractivity contribution < 1.29 is 17.9 Å². The van der Waals surface area contributed by atoms with Crippen LogP contribution in [0, 0.1) is 5.92 Å². The van der Waals surface area contributed by atoms with Crippen molar-refractivity contribution in [3.8, 4) is 0 Å². The van der Waals surface area contributed by atoms with Gasteiger partial charge in [0.2, 0.25) is 0 Å². The Morgan fingerprint density at radius 3 is 1.70 bits per heavy atom. The zero-order valence-electron chi connectivity index (χ0n) is 19.5. The second-order valence-corrected chi connectivity index (χ2v) is 11.3. The van der Waals surface area contributed by atoms with Crippen LogP contribution >= 0.6 is 0 Å².